The number of benzene rings is 2. The van der Waals surface area contributed by atoms with Crippen LogP contribution in [-0.4, -0.2) is 52.9 Å². The number of ether oxygens (including phenoxy) is 2. The zero-order chi connectivity index (χ0) is 19.2. The van der Waals surface area contributed by atoms with Gasteiger partial charge in [0.15, 0.2) is 6.54 Å². The molecule has 2 N–H and O–H groups in total. The van der Waals surface area contributed by atoms with E-state index in [-0.39, 0.29) is 5.91 Å². The van der Waals surface area contributed by atoms with Gasteiger partial charge in [0.1, 0.15) is 11.5 Å². The van der Waals surface area contributed by atoms with Gasteiger partial charge in [-0.15, -0.1) is 0 Å². The quantitative estimate of drug-likeness (QED) is 0.788. The number of piperazine rings is 1. The van der Waals surface area contributed by atoms with Crippen LogP contribution in [0, 0.1) is 0 Å². The molecule has 1 fully saturated rings. The molecule has 6 nitrogen and oxygen atoms in total. The second-order valence-electron chi connectivity index (χ2n) is 6.51. The van der Waals surface area contributed by atoms with E-state index >= 15 is 0 Å². The van der Waals surface area contributed by atoms with Crippen LogP contribution < -0.4 is 24.6 Å². The van der Waals surface area contributed by atoms with Crippen LogP contribution in [0.15, 0.2) is 42.5 Å². The van der Waals surface area contributed by atoms with Gasteiger partial charge >= 0.3 is 0 Å². The van der Waals surface area contributed by atoms with Crippen LogP contribution in [0.4, 0.5) is 11.4 Å². The van der Waals surface area contributed by atoms with Crippen molar-refractivity contribution in [3.05, 3.63) is 47.5 Å². The SMILES string of the molecule is COc1cccc(N2CC[NH+](CC(=O)Nc3cc(Cl)ccc3OC)CC2)c1. The van der Waals surface area contributed by atoms with Crippen molar-refractivity contribution < 1.29 is 19.2 Å². The van der Waals surface area contributed by atoms with Crippen LogP contribution in [0.5, 0.6) is 11.5 Å². The van der Waals surface area contributed by atoms with E-state index < -0.39 is 0 Å². The molecular weight excluding hydrogens is 366 g/mol. The highest BCUT2D eigenvalue weighted by atomic mass is 35.5. The van der Waals surface area contributed by atoms with Gasteiger partial charge in [-0.3, -0.25) is 4.79 Å². The topological polar surface area (TPSA) is 55.2 Å². The van der Waals surface area contributed by atoms with Gasteiger partial charge in [0.2, 0.25) is 0 Å². The fraction of sp³-hybridized carbons (Fsp3) is 0.350. The van der Waals surface area contributed by atoms with Crippen molar-refractivity contribution in [2.24, 2.45) is 0 Å². The fourth-order valence-corrected chi connectivity index (χ4v) is 3.44. The Bertz CT molecular complexity index is 792. The summed E-state index contributed by atoms with van der Waals surface area (Å²) in [5.41, 5.74) is 1.76. The number of carbonyl (C=O) groups excluding carboxylic acids is 1. The van der Waals surface area contributed by atoms with Crippen LogP contribution in [-0.2, 0) is 4.79 Å². The van der Waals surface area contributed by atoms with E-state index in [2.05, 4.69) is 16.3 Å². The summed E-state index contributed by atoms with van der Waals surface area (Å²) in [5, 5.41) is 3.47. The first kappa shape index (κ1) is 19.3. The van der Waals surface area contributed by atoms with Gasteiger partial charge in [-0.25, -0.2) is 0 Å². The fourth-order valence-electron chi connectivity index (χ4n) is 3.26. The number of carbonyl (C=O) groups is 1. The van der Waals surface area contributed by atoms with Crippen LogP contribution in [0.2, 0.25) is 5.02 Å². The minimum atomic E-state index is -0.0413. The summed E-state index contributed by atoms with van der Waals surface area (Å²) in [6, 6.07) is 13.3. The lowest BCUT2D eigenvalue weighted by molar-refractivity contribution is -0.892. The van der Waals surface area contributed by atoms with E-state index in [4.69, 9.17) is 21.1 Å². The molecule has 2 aromatic carbocycles. The highest BCUT2D eigenvalue weighted by Gasteiger charge is 2.23. The summed E-state index contributed by atoms with van der Waals surface area (Å²) in [7, 11) is 3.25. The van der Waals surface area contributed by atoms with E-state index in [1.54, 1.807) is 32.4 Å². The van der Waals surface area contributed by atoms with Crippen molar-refractivity contribution in [1.29, 1.82) is 0 Å². The minimum absolute atomic E-state index is 0.0413. The van der Waals surface area contributed by atoms with Gasteiger partial charge in [-0.2, -0.15) is 0 Å². The molecule has 1 heterocycles. The Balaban J connectivity index is 1.53. The molecule has 7 heteroatoms. The summed E-state index contributed by atoms with van der Waals surface area (Å²) in [6.07, 6.45) is 0. The average Bonchev–Trinajstić information content (AvgIpc) is 2.69. The molecule has 27 heavy (non-hydrogen) atoms. The Morgan fingerprint density at radius 3 is 2.63 bits per heavy atom. The third-order valence-electron chi connectivity index (χ3n) is 4.74. The molecule has 1 aliphatic heterocycles. The third kappa shape index (κ3) is 5.05. The number of anilines is 2. The molecule has 144 valence electrons. The average molecular weight is 391 g/mol. The minimum Gasteiger partial charge on any atom is -0.497 e. The summed E-state index contributed by atoms with van der Waals surface area (Å²) in [5.74, 6) is 1.42. The molecule has 0 radical (unpaired) electrons. The molecule has 0 atom stereocenters. The van der Waals surface area contributed by atoms with Gasteiger partial charge in [0, 0.05) is 16.8 Å². The Morgan fingerprint density at radius 2 is 1.93 bits per heavy atom. The number of hydrogen-bond acceptors (Lipinski definition) is 4. The lowest BCUT2D eigenvalue weighted by atomic mass is 10.2. The number of amides is 1. The molecular formula is C20H25ClN3O3+. The second-order valence-corrected chi connectivity index (χ2v) is 6.94. The van der Waals surface area contributed by atoms with E-state index in [1.165, 1.54) is 4.90 Å². The number of nitrogens with zero attached hydrogens (tertiary/aromatic N) is 1. The van der Waals surface area contributed by atoms with E-state index in [9.17, 15) is 4.79 Å². The van der Waals surface area contributed by atoms with E-state index in [0.717, 1.165) is 37.6 Å². The molecule has 0 aromatic heterocycles. The van der Waals surface area contributed by atoms with Crippen LogP contribution >= 0.6 is 11.6 Å². The second kappa shape index (κ2) is 8.97. The maximum atomic E-state index is 12.4. The first-order valence-electron chi connectivity index (χ1n) is 8.95. The predicted molar refractivity (Wildman–Crippen MR) is 107 cm³/mol. The highest BCUT2D eigenvalue weighted by molar-refractivity contribution is 6.31. The molecule has 1 aliphatic rings. The Hall–Kier alpha value is -2.44. The number of quaternary nitrogens is 1. The lowest BCUT2D eigenvalue weighted by Gasteiger charge is -2.33. The van der Waals surface area contributed by atoms with Crippen LogP contribution in [0.25, 0.3) is 0 Å². The largest absolute Gasteiger partial charge is 0.497 e. The lowest BCUT2D eigenvalue weighted by Crippen LogP contribution is -3.15. The van der Waals surface area contributed by atoms with Gasteiger partial charge in [0.05, 0.1) is 46.1 Å². The summed E-state index contributed by atoms with van der Waals surface area (Å²) in [6.45, 7) is 4.02. The highest BCUT2D eigenvalue weighted by Crippen LogP contribution is 2.27. The maximum absolute atomic E-state index is 12.4. The van der Waals surface area contributed by atoms with Gasteiger partial charge in [-0.1, -0.05) is 17.7 Å². The first-order chi connectivity index (χ1) is 13.1. The Labute approximate surface area is 164 Å². The van der Waals surface area contributed by atoms with Crippen molar-refractivity contribution in [1.82, 2.24) is 0 Å². The third-order valence-corrected chi connectivity index (χ3v) is 4.97. The first-order valence-corrected chi connectivity index (χ1v) is 9.33. The van der Waals surface area contributed by atoms with Gasteiger partial charge in [0.25, 0.3) is 5.91 Å². The molecule has 2 aromatic rings. The number of hydrogen-bond donors (Lipinski definition) is 2. The van der Waals surface area contributed by atoms with E-state index in [0.29, 0.717) is 23.0 Å². The predicted octanol–water partition coefficient (Wildman–Crippen LogP) is 1.70. The molecule has 0 bridgehead atoms. The van der Waals surface area contributed by atoms with Crippen molar-refractivity contribution in [2.75, 3.05) is 57.2 Å². The molecule has 1 saturated heterocycles. The van der Waals surface area contributed by atoms with Crippen molar-refractivity contribution in [3.63, 3.8) is 0 Å². The number of halogens is 1. The monoisotopic (exact) mass is 390 g/mol. The number of nitrogens with one attached hydrogen (secondary N) is 2. The number of methoxy groups -OCH3 is 2. The standard InChI is InChI=1S/C20H24ClN3O3/c1-26-17-5-3-4-16(13-17)24-10-8-23(9-11-24)14-20(25)22-18-12-15(21)6-7-19(18)27-2/h3-7,12-13H,8-11,14H2,1-2H3,(H,22,25)/p+1. The van der Waals surface area contributed by atoms with Gasteiger partial charge < -0.3 is 24.6 Å². The Kier molecular flexibility index (Phi) is 6.42. The van der Waals surface area contributed by atoms with Crippen molar-refractivity contribution in [3.8, 4) is 11.5 Å². The molecule has 3 rings (SSSR count). The summed E-state index contributed by atoms with van der Waals surface area (Å²) in [4.78, 5) is 16.0. The normalized spacial score (nSPS) is 14.7. The summed E-state index contributed by atoms with van der Waals surface area (Å²) < 4.78 is 10.6. The Morgan fingerprint density at radius 1 is 1.15 bits per heavy atom. The number of rotatable bonds is 6. The van der Waals surface area contributed by atoms with Crippen molar-refractivity contribution >= 4 is 28.9 Å². The maximum Gasteiger partial charge on any atom is 0.279 e. The molecule has 0 aliphatic carbocycles. The van der Waals surface area contributed by atoms with Crippen LogP contribution in [0.3, 0.4) is 0 Å². The van der Waals surface area contributed by atoms with Crippen LogP contribution in [0.1, 0.15) is 0 Å². The van der Waals surface area contributed by atoms with Crippen molar-refractivity contribution in [2.45, 2.75) is 0 Å². The zero-order valence-corrected chi connectivity index (χ0v) is 16.4. The zero-order valence-electron chi connectivity index (χ0n) is 15.6. The smallest absolute Gasteiger partial charge is 0.279 e. The van der Waals surface area contributed by atoms with Gasteiger partial charge in [-0.05, 0) is 30.3 Å². The molecule has 1 amide bonds. The molecule has 0 spiro atoms. The molecule has 0 unspecified atom stereocenters. The molecule has 0 saturated carbocycles. The van der Waals surface area contributed by atoms with E-state index in [1.807, 2.05) is 18.2 Å². The summed E-state index contributed by atoms with van der Waals surface area (Å²) >= 11 is 6.02.